The molecule has 112 valence electrons. The van der Waals surface area contributed by atoms with Crippen molar-refractivity contribution in [2.24, 2.45) is 0 Å². The van der Waals surface area contributed by atoms with Crippen molar-refractivity contribution in [2.75, 3.05) is 10.5 Å². The van der Waals surface area contributed by atoms with Gasteiger partial charge in [-0.15, -0.1) is 0 Å². The van der Waals surface area contributed by atoms with Gasteiger partial charge in [0.25, 0.3) is 10.0 Å². The van der Waals surface area contributed by atoms with Gasteiger partial charge in [0.1, 0.15) is 10.7 Å². The molecule has 2 rings (SSSR count). The van der Waals surface area contributed by atoms with Crippen molar-refractivity contribution < 1.29 is 12.8 Å². The molecule has 0 radical (unpaired) electrons. The highest BCUT2D eigenvalue weighted by Crippen LogP contribution is 2.29. The van der Waals surface area contributed by atoms with Gasteiger partial charge < -0.3 is 5.73 Å². The first-order valence-corrected chi connectivity index (χ1v) is 8.39. The number of benzene rings is 2. The molecule has 0 aliphatic heterocycles. The van der Waals surface area contributed by atoms with Crippen LogP contribution in [0.2, 0.25) is 5.02 Å². The standard InChI is InChI=1S/C13H11BrClFN2O2S/c1-7-2-3-9(15)12(4-7)18-21(19,20)13-6-11(17)8(14)5-10(13)16/h2-6,18H,17H2,1H3. The van der Waals surface area contributed by atoms with E-state index in [0.29, 0.717) is 0 Å². The number of nitrogens with two attached hydrogens (primary N) is 1. The SMILES string of the molecule is Cc1ccc(Cl)c(NS(=O)(=O)c2cc(N)c(Br)cc2F)c1. The summed E-state index contributed by atoms with van der Waals surface area (Å²) in [4.78, 5) is -0.541. The summed E-state index contributed by atoms with van der Waals surface area (Å²) >= 11 is 8.97. The smallest absolute Gasteiger partial charge is 0.264 e. The van der Waals surface area contributed by atoms with E-state index in [9.17, 15) is 12.8 Å². The van der Waals surface area contributed by atoms with Crippen LogP contribution in [-0.2, 0) is 10.0 Å². The number of aryl methyl sites for hydroxylation is 1. The van der Waals surface area contributed by atoms with Crippen molar-refractivity contribution >= 4 is 48.9 Å². The molecule has 0 aliphatic carbocycles. The van der Waals surface area contributed by atoms with E-state index in [1.165, 1.54) is 0 Å². The number of hydrogen-bond donors (Lipinski definition) is 2. The van der Waals surface area contributed by atoms with Crippen molar-refractivity contribution in [1.82, 2.24) is 0 Å². The van der Waals surface area contributed by atoms with Crippen molar-refractivity contribution in [3.8, 4) is 0 Å². The maximum absolute atomic E-state index is 13.9. The molecule has 4 nitrogen and oxygen atoms in total. The highest BCUT2D eigenvalue weighted by atomic mass is 79.9. The molecule has 0 fully saturated rings. The Hall–Kier alpha value is -1.31. The van der Waals surface area contributed by atoms with Crippen molar-refractivity contribution in [2.45, 2.75) is 11.8 Å². The Morgan fingerprint density at radius 2 is 1.95 bits per heavy atom. The molecule has 0 saturated carbocycles. The predicted molar refractivity (Wildman–Crippen MR) is 85.5 cm³/mol. The zero-order chi connectivity index (χ0) is 15.8. The number of rotatable bonds is 3. The fourth-order valence-corrected chi connectivity index (χ4v) is 3.37. The summed E-state index contributed by atoms with van der Waals surface area (Å²) in [6.07, 6.45) is 0. The van der Waals surface area contributed by atoms with Crippen LogP contribution >= 0.6 is 27.5 Å². The summed E-state index contributed by atoms with van der Waals surface area (Å²) in [5.41, 5.74) is 6.71. The van der Waals surface area contributed by atoms with Gasteiger partial charge in [-0.25, -0.2) is 12.8 Å². The third-order valence-corrected chi connectivity index (χ3v) is 5.10. The summed E-state index contributed by atoms with van der Waals surface area (Å²) < 4.78 is 41.0. The minimum atomic E-state index is -4.13. The summed E-state index contributed by atoms with van der Waals surface area (Å²) in [5, 5.41) is 0.217. The molecule has 21 heavy (non-hydrogen) atoms. The van der Waals surface area contributed by atoms with Gasteiger partial charge in [0.15, 0.2) is 0 Å². The molecule has 3 N–H and O–H groups in total. The monoisotopic (exact) mass is 392 g/mol. The van der Waals surface area contributed by atoms with Crippen LogP contribution in [0.3, 0.4) is 0 Å². The van der Waals surface area contributed by atoms with Gasteiger partial charge in [0.2, 0.25) is 0 Å². The average molecular weight is 394 g/mol. The van der Waals surface area contributed by atoms with Crippen LogP contribution in [0.15, 0.2) is 39.7 Å². The largest absolute Gasteiger partial charge is 0.398 e. The van der Waals surface area contributed by atoms with E-state index in [1.54, 1.807) is 25.1 Å². The minimum absolute atomic E-state index is 0.118. The number of halogens is 3. The van der Waals surface area contributed by atoms with Crippen molar-refractivity contribution in [3.63, 3.8) is 0 Å². The molecular weight excluding hydrogens is 383 g/mol. The number of sulfonamides is 1. The molecule has 0 saturated heterocycles. The van der Waals surface area contributed by atoms with Crippen molar-refractivity contribution in [3.05, 3.63) is 51.2 Å². The van der Waals surface area contributed by atoms with E-state index in [-0.39, 0.29) is 20.9 Å². The third-order valence-electron chi connectivity index (χ3n) is 2.71. The highest BCUT2D eigenvalue weighted by Gasteiger charge is 2.21. The Bertz CT molecular complexity index is 812. The van der Waals surface area contributed by atoms with Gasteiger partial charge in [-0.1, -0.05) is 17.7 Å². The normalized spacial score (nSPS) is 11.4. The second-order valence-electron chi connectivity index (χ2n) is 4.39. The number of hydrogen-bond acceptors (Lipinski definition) is 3. The minimum Gasteiger partial charge on any atom is -0.398 e. The summed E-state index contributed by atoms with van der Waals surface area (Å²) in [6.45, 7) is 1.78. The van der Waals surface area contributed by atoms with Crippen LogP contribution in [0.25, 0.3) is 0 Å². The summed E-state index contributed by atoms with van der Waals surface area (Å²) in [5.74, 6) is -0.910. The lowest BCUT2D eigenvalue weighted by atomic mass is 10.2. The fourth-order valence-electron chi connectivity index (χ4n) is 1.67. The molecule has 0 heterocycles. The third kappa shape index (κ3) is 3.48. The molecule has 0 aliphatic rings. The molecule has 0 spiro atoms. The van der Waals surface area contributed by atoms with Gasteiger partial charge in [-0.3, -0.25) is 4.72 Å². The molecule has 2 aromatic carbocycles. The number of nitrogen functional groups attached to an aromatic ring is 1. The van der Waals surface area contributed by atoms with E-state index < -0.39 is 20.7 Å². The Kier molecular flexibility index (Phi) is 4.46. The maximum atomic E-state index is 13.9. The molecule has 0 atom stereocenters. The lowest BCUT2D eigenvalue weighted by Crippen LogP contribution is -2.15. The highest BCUT2D eigenvalue weighted by molar-refractivity contribution is 9.10. The van der Waals surface area contributed by atoms with Crippen LogP contribution in [0, 0.1) is 12.7 Å². The first-order chi connectivity index (χ1) is 9.70. The van der Waals surface area contributed by atoms with Crippen LogP contribution in [0.1, 0.15) is 5.56 Å². The first-order valence-electron chi connectivity index (χ1n) is 5.74. The predicted octanol–water partition coefficient (Wildman–Crippen LogP) is 3.93. The zero-order valence-corrected chi connectivity index (χ0v) is 14.0. The molecule has 0 unspecified atom stereocenters. The van der Waals surface area contributed by atoms with Crippen LogP contribution < -0.4 is 10.5 Å². The second kappa shape index (κ2) is 5.82. The van der Waals surface area contributed by atoms with Crippen LogP contribution in [-0.4, -0.2) is 8.42 Å². The van der Waals surface area contributed by atoms with Gasteiger partial charge in [0, 0.05) is 10.2 Å². The van der Waals surface area contributed by atoms with E-state index in [2.05, 4.69) is 20.7 Å². The zero-order valence-electron chi connectivity index (χ0n) is 10.8. The number of anilines is 2. The second-order valence-corrected chi connectivity index (χ2v) is 7.31. The van der Waals surface area contributed by atoms with Crippen LogP contribution in [0.5, 0.6) is 0 Å². The van der Waals surface area contributed by atoms with Crippen LogP contribution in [0.4, 0.5) is 15.8 Å². The molecule has 0 aromatic heterocycles. The van der Waals surface area contributed by atoms with E-state index >= 15 is 0 Å². The lowest BCUT2D eigenvalue weighted by Gasteiger charge is -2.12. The quantitative estimate of drug-likeness (QED) is 0.776. The Morgan fingerprint density at radius 1 is 1.29 bits per heavy atom. The molecular formula is C13H11BrClFN2O2S. The average Bonchev–Trinajstić information content (AvgIpc) is 2.37. The molecule has 2 aromatic rings. The molecule has 0 amide bonds. The Morgan fingerprint density at radius 3 is 2.62 bits per heavy atom. The number of nitrogens with one attached hydrogen (secondary N) is 1. The van der Waals surface area contributed by atoms with Crippen molar-refractivity contribution in [1.29, 1.82) is 0 Å². The Balaban J connectivity index is 2.48. The van der Waals surface area contributed by atoms with Gasteiger partial charge in [0.05, 0.1) is 10.7 Å². The fraction of sp³-hybridized carbons (Fsp3) is 0.0769. The molecule has 0 bridgehead atoms. The van der Waals surface area contributed by atoms with Gasteiger partial charge in [-0.2, -0.15) is 0 Å². The summed E-state index contributed by atoms with van der Waals surface area (Å²) in [6, 6.07) is 6.90. The lowest BCUT2D eigenvalue weighted by molar-refractivity contribution is 0.570. The van der Waals surface area contributed by atoms with E-state index in [0.717, 1.165) is 17.7 Å². The summed E-state index contributed by atoms with van der Waals surface area (Å²) in [7, 11) is -4.13. The topological polar surface area (TPSA) is 72.2 Å². The van der Waals surface area contributed by atoms with E-state index in [4.69, 9.17) is 17.3 Å². The maximum Gasteiger partial charge on any atom is 0.264 e. The van der Waals surface area contributed by atoms with Gasteiger partial charge in [-0.05, 0) is 52.7 Å². The Labute approximate surface area is 135 Å². The molecule has 8 heteroatoms. The van der Waals surface area contributed by atoms with Gasteiger partial charge >= 0.3 is 0 Å². The first kappa shape index (κ1) is 16.1. The van der Waals surface area contributed by atoms with E-state index in [1.807, 2.05) is 0 Å².